The molecule has 0 saturated carbocycles. The molecule has 0 spiro atoms. The minimum Gasteiger partial charge on any atom is -0.507 e. The van der Waals surface area contributed by atoms with E-state index in [9.17, 15) is 9.90 Å². The Kier molecular flexibility index (Phi) is 3.57. The molecule has 1 amide bonds. The number of benzene rings is 1. The lowest BCUT2D eigenvalue weighted by molar-refractivity contribution is 0.102. The molecular formula is C10H8IN3O2S. The molecule has 0 unspecified atom stereocenters. The van der Waals surface area contributed by atoms with Crippen molar-refractivity contribution >= 4 is 45.2 Å². The zero-order chi connectivity index (χ0) is 12.4. The van der Waals surface area contributed by atoms with Gasteiger partial charge >= 0.3 is 0 Å². The third-order valence-corrected chi connectivity index (χ3v) is 3.34. The standard InChI is InChI=1S/C10H8IN3O2S/c1-5-12-10(17-14-5)13-9(16)7-4-6(11)2-3-8(7)15/h2-4,15H,1H3,(H,12,13,14,16). The summed E-state index contributed by atoms with van der Waals surface area (Å²) in [5.41, 5.74) is 0.227. The first-order chi connectivity index (χ1) is 8.06. The van der Waals surface area contributed by atoms with E-state index in [-0.39, 0.29) is 11.3 Å². The fraction of sp³-hybridized carbons (Fsp3) is 0.100. The van der Waals surface area contributed by atoms with E-state index in [0.29, 0.717) is 11.0 Å². The highest BCUT2D eigenvalue weighted by Crippen LogP contribution is 2.21. The van der Waals surface area contributed by atoms with Crippen molar-refractivity contribution in [2.75, 3.05) is 5.32 Å². The first kappa shape index (κ1) is 12.2. The SMILES string of the molecule is Cc1nsc(NC(=O)c2cc(I)ccc2O)n1. The first-order valence-corrected chi connectivity index (χ1v) is 6.51. The van der Waals surface area contributed by atoms with Crippen LogP contribution < -0.4 is 5.32 Å². The van der Waals surface area contributed by atoms with Crippen molar-refractivity contribution in [3.63, 3.8) is 0 Å². The number of nitrogens with one attached hydrogen (secondary N) is 1. The summed E-state index contributed by atoms with van der Waals surface area (Å²) < 4.78 is 4.83. The molecular weight excluding hydrogens is 353 g/mol. The van der Waals surface area contributed by atoms with Crippen molar-refractivity contribution in [2.45, 2.75) is 6.92 Å². The van der Waals surface area contributed by atoms with E-state index in [1.807, 2.05) is 0 Å². The van der Waals surface area contributed by atoms with Gasteiger partial charge in [0, 0.05) is 15.1 Å². The lowest BCUT2D eigenvalue weighted by Crippen LogP contribution is -2.12. The van der Waals surface area contributed by atoms with E-state index in [0.717, 1.165) is 15.1 Å². The predicted octanol–water partition coefficient (Wildman–Crippen LogP) is 2.41. The molecule has 0 radical (unpaired) electrons. The number of amides is 1. The van der Waals surface area contributed by atoms with E-state index >= 15 is 0 Å². The molecule has 17 heavy (non-hydrogen) atoms. The molecule has 0 aliphatic carbocycles. The Labute approximate surface area is 115 Å². The summed E-state index contributed by atoms with van der Waals surface area (Å²) in [4.78, 5) is 15.9. The van der Waals surface area contributed by atoms with Crippen molar-refractivity contribution in [1.82, 2.24) is 9.36 Å². The van der Waals surface area contributed by atoms with Crippen molar-refractivity contribution in [1.29, 1.82) is 0 Å². The zero-order valence-electron chi connectivity index (χ0n) is 8.77. The number of hydrogen-bond acceptors (Lipinski definition) is 5. The number of phenols is 1. The number of hydrogen-bond donors (Lipinski definition) is 2. The van der Waals surface area contributed by atoms with Crippen molar-refractivity contribution < 1.29 is 9.90 Å². The van der Waals surface area contributed by atoms with Crippen LogP contribution in [0.4, 0.5) is 5.13 Å². The Balaban J connectivity index is 2.22. The number of halogens is 1. The van der Waals surface area contributed by atoms with Gasteiger partial charge in [-0.3, -0.25) is 10.1 Å². The van der Waals surface area contributed by atoms with Gasteiger partial charge in [0.2, 0.25) is 5.13 Å². The highest BCUT2D eigenvalue weighted by atomic mass is 127. The van der Waals surface area contributed by atoms with Crippen molar-refractivity contribution in [3.05, 3.63) is 33.2 Å². The Hall–Kier alpha value is -1.22. The van der Waals surface area contributed by atoms with Gasteiger partial charge in [0.05, 0.1) is 5.56 Å². The molecule has 2 aromatic rings. The average molecular weight is 361 g/mol. The Morgan fingerprint density at radius 3 is 2.94 bits per heavy atom. The number of carbonyl (C=O) groups is 1. The van der Waals surface area contributed by atoms with Gasteiger partial charge < -0.3 is 5.11 Å². The largest absolute Gasteiger partial charge is 0.507 e. The highest BCUT2D eigenvalue weighted by molar-refractivity contribution is 14.1. The number of aromatic hydroxyl groups is 1. The number of phenolic OH excluding ortho intramolecular Hbond substituents is 1. The molecule has 1 aromatic heterocycles. The molecule has 0 saturated heterocycles. The number of nitrogens with zero attached hydrogens (tertiary/aromatic N) is 2. The highest BCUT2D eigenvalue weighted by Gasteiger charge is 2.13. The van der Waals surface area contributed by atoms with E-state index < -0.39 is 5.91 Å². The van der Waals surface area contributed by atoms with Gasteiger partial charge in [0.25, 0.3) is 5.91 Å². The fourth-order valence-corrected chi connectivity index (χ4v) is 2.26. The maximum absolute atomic E-state index is 11.9. The zero-order valence-corrected chi connectivity index (χ0v) is 11.7. The van der Waals surface area contributed by atoms with Crippen molar-refractivity contribution in [3.8, 4) is 5.75 Å². The van der Waals surface area contributed by atoms with Gasteiger partial charge in [-0.05, 0) is 47.7 Å². The number of carbonyl (C=O) groups excluding carboxylic acids is 1. The molecule has 2 N–H and O–H groups in total. The van der Waals surface area contributed by atoms with Gasteiger partial charge in [0.15, 0.2) is 0 Å². The third kappa shape index (κ3) is 2.91. The quantitative estimate of drug-likeness (QED) is 0.806. The fourth-order valence-electron chi connectivity index (χ4n) is 1.20. The summed E-state index contributed by atoms with van der Waals surface area (Å²) in [6, 6.07) is 4.82. The molecule has 7 heteroatoms. The van der Waals surface area contributed by atoms with Crippen LogP contribution >= 0.6 is 34.1 Å². The smallest absolute Gasteiger partial charge is 0.261 e. The maximum atomic E-state index is 11.9. The number of aryl methyl sites for hydroxylation is 1. The van der Waals surface area contributed by atoms with Crippen LogP contribution in [0.2, 0.25) is 0 Å². The molecule has 5 nitrogen and oxygen atoms in total. The molecule has 0 aliphatic rings. The van der Waals surface area contributed by atoms with Gasteiger partial charge in [-0.1, -0.05) is 0 Å². The van der Waals surface area contributed by atoms with E-state index in [1.54, 1.807) is 19.1 Å². The van der Waals surface area contributed by atoms with Gasteiger partial charge in [-0.15, -0.1) is 0 Å². The van der Waals surface area contributed by atoms with E-state index in [2.05, 4.69) is 37.3 Å². The second-order valence-electron chi connectivity index (χ2n) is 3.26. The van der Waals surface area contributed by atoms with Crippen LogP contribution in [0.5, 0.6) is 5.75 Å². The van der Waals surface area contributed by atoms with Crippen molar-refractivity contribution in [2.24, 2.45) is 0 Å². The average Bonchev–Trinajstić information content (AvgIpc) is 2.67. The number of anilines is 1. The molecule has 1 aromatic carbocycles. The van der Waals surface area contributed by atoms with Crippen LogP contribution in [-0.2, 0) is 0 Å². The van der Waals surface area contributed by atoms with Crippen LogP contribution in [0.25, 0.3) is 0 Å². The Morgan fingerprint density at radius 1 is 1.53 bits per heavy atom. The Bertz CT molecular complexity index is 570. The molecule has 1 heterocycles. The topological polar surface area (TPSA) is 75.1 Å². The van der Waals surface area contributed by atoms with E-state index in [4.69, 9.17) is 0 Å². The van der Waals surface area contributed by atoms with Gasteiger partial charge in [-0.25, -0.2) is 4.98 Å². The normalized spacial score (nSPS) is 10.2. The lowest BCUT2D eigenvalue weighted by atomic mass is 10.2. The third-order valence-electron chi connectivity index (χ3n) is 1.95. The first-order valence-electron chi connectivity index (χ1n) is 4.66. The second kappa shape index (κ2) is 4.96. The monoisotopic (exact) mass is 361 g/mol. The van der Waals surface area contributed by atoms with Crippen LogP contribution in [0, 0.1) is 10.5 Å². The molecule has 0 atom stereocenters. The summed E-state index contributed by atoms with van der Waals surface area (Å²) in [7, 11) is 0. The molecule has 0 fully saturated rings. The van der Waals surface area contributed by atoms with E-state index in [1.165, 1.54) is 6.07 Å². The summed E-state index contributed by atoms with van der Waals surface area (Å²) in [6.45, 7) is 1.75. The predicted molar refractivity (Wildman–Crippen MR) is 73.4 cm³/mol. The molecule has 0 aliphatic heterocycles. The second-order valence-corrected chi connectivity index (χ2v) is 5.26. The molecule has 0 bridgehead atoms. The Morgan fingerprint density at radius 2 is 2.29 bits per heavy atom. The molecule has 2 rings (SSSR count). The van der Waals surface area contributed by atoms with Crippen LogP contribution in [-0.4, -0.2) is 20.4 Å². The van der Waals surface area contributed by atoms with Gasteiger partial charge in [-0.2, -0.15) is 4.37 Å². The lowest BCUT2D eigenvalue weighted by Gasteiger charge is -2.04. The summed E-state index contributed by atoms with van der Waals surface area (Å²) >= 11 is 3.18. The summed E-state index contributed by atoms with van der Waals surface area (Å²) in [5.74, 6) is 0.165. The van der Waals surface area contributed by atoms with Crippen LogP contribution in [0.15, 0.2) is 18.2 Å². The summed E-state index contributed by atoms with van der Waals surface area (Å²) in [6.07, 6.45) is 0. The minimum absolute atomic E-state index is 0.0517. The van der Waals surface area contributed by atoms with Crippen LogP contribution in [0.3, 0.4) is 0 Å². The maximum Gasteiger partial charge on any atom is 0.261 e. The molecule has 88 valence electrons. The van der Waals surface area contributed by atoms with Gasteiger partial charge in [0.1, 0.15) is 11.6 Å². The summed E-state index contributed by atoms with van der Waals surface area (Å²) in [5, 5.41) is 12.6. The van der Waals surface area contributed by atoms with Crippen LogP contribution in [0.1, 0.15) is 16.2 Å². The number of rotatable bonds is 2. The minimum atomic E-state index is -0.392. The number of aromatic nitrogens is 2.